The second-order valence-electron chi connectivity index (χ2n) is 4.04. The lowest BCUT2D eigenvalue weighted by Crippen LogP contribution is -2.36. The van der Waals surface area contributed by atoms with Crippen molar-refractivity contribution < 1.29 is 14.4 Å². The normalized spacial score (nSPS) is 22.3. The smallest absolute Gasteiger partial charge is 0.232 e. The molecule has 0 radical (unpaired) electrons. The molecule has 4 nitrogen and oxygen atoms in total. The van der Waals surface area contributed by atoms with Crippen molar-refractivity contribution in [3.05, 3.63) is 0 Å². The van der Waals surface area contributed by atoms with Crippen LogP contribution < -0.4 is 0 Å². The van der Waals surface area contributed by atoms with E-state index in [9.17, 15) is 14.4 Å². The number of Topliss-reactive ketones (excluding diaryl/α,β-unsaturated/α-hetero) is 1. The molecule has 1 aliphatic heterocycles. The van der Waals surface area contributed by atoms with Crippen molar-refractivity contribution >= 4 is 17.6 Å². The van der Waals surface area contributed by atoms with Crippen molar-refractivity contribution in [2.45, 2.75) is 27.2 Å². The Morgan fingerprint density at radius 3 is 2.43 bits per heavy atom. The van der Waals surface area contributed by atoms with E-state index >= 15 is 0 Å². The van der Waals surface area contributed by atoms with Gasteiger partial charge in [-0.05, 0) is 0 Å². The van der Waals surface area contributed by atoms with Crippen LogP contribution in [0.15, 0.2) is 0 Å². The maximum atomic E-state index is 11.4. The summed E-state index contributed by atoms with van der Waals surface area (Å²) in [6, 6.07) is 0. The van der Waals surface area contributed by atoms with Gasteiger partial charge in [0.1, 0.15) is 0 Å². The van der Waals surface area contributed by atoms with Crippen LogP contribution in [-0.2, 0) is 14.4 Å². The molecule has 0 bridgehead atoms. The van der Waals surface area contributed by atoms with Gasteiger partial charge in [-0.15, -0.1) is 0 Å². The van der Waals surface area contributed by atoms with Gasteiger partial charge >= 0.3 is 0 Å². The number of hydrogen-bond acceptors (Lipinski definition) is 3. The standard InChI is InChI=1S/C10H15NO3/c1-6(2)8(12)5-11-9(13)4-7(3)10(11)14/h6-7H,4-5H2,1-3H3. The van der Waals surface area contributed by atoms with Crippen LogP contribution in [0.1, 0.15) is 27.2 Å². The van der Waals surface area contributed by atoms with E-state index in [0.29, 0.717) is 0 Å². The number of hydrogen-bond donors (Lipinski definition) is 0. The Labute approximate surface area is 83.3 Å². The molecule has 4 heteroatoms. The summed E-state index contributed by atoms with van der Waals surface area (Å²) < 4.78 is 0. The van der Waals surface area contributed by atoms with Crippen LogP contribution in [0.4, 0.5) is 0 Å². The maximum absolute atomic E-state index is 11.4. The van der Waals surface area contributed by atoms with Gasteiger partial charge in [-0.25, -0.2) is 0 Å². The molecule has 1 atom stereocenters. The molecule has 0 aromatic heterocycles. The molecule has 1 aliphatic rings. The molecular weight excluding hydrogens is 182 g/mol. The Morgan fingerprint density at radius 1 is 1.50 bits per heavy atom. The fraction of sp³-hybridized carbons (Fsp3) is 0.700. The second kappa shape index (κ2) is 3.90. The van der Waals surface area contributed by atoms with Crippen LogP contribution in [0.25, 0.3) is 0 Å². The lowest BCUT2D eigenvalue weighted by molar-refractivity contribution is -0.143. The maximum Gasteiger partial charge on any atom is 0.232 e. The highest BCUT2D eigenvalue weighted by molar-refractivity contribution is 6.06. The largest absolute Gasteiger partial charge is 0.297 e. The number of imide groups is 1. The molecule has 0 saturated carbocycles. The molecule has 1 rings (SSSR count). The number of carbonyl (C=O) groups excluding carboxylic acids is 3. The molecule has 0 aromatic carbocycles. The summed E-state index contributed by atoms with van der Waals surface area (Å²) in [5, 5.41) is 0. The van der Waals surface area contributed by atoms with Gasteiger partial charge in [0.25, 0.3) is 0 Å². The number of rotatable bonds is 3. The molecule has 1 fully saturated rings. The van der Waals surface area contributed by atoms with Crippen molar-refractivity contribution in [3.8, 4) is 0 Å². The average molecular weight is 197 g/mol. The zero-order valence-corrected chi connectivity index (χ0v) is 8.74. The first-order chi connectivity index (χ1) is 6.43. The molecule has 1 saturated heterocycles. The first-order valence-corrected chi connectivity index (χ1v) is 4.80. The highest BCUT2D eigenvalue weighted by Gasteiger charge is 2.36. The Bertz CT molecular complexity index is 283. The van der Waals surface area contributed by atoms with Crippen molar-refractivity contribution in [1.82, 2.24) is 4.90 Å². The summed E-state index contributed by atoms with van der Waals surface area (Å²) in [4.78, 5) is 35.2. The Morgan fingerprint density at radius 2 is 2.07 bits per heavy atom. The number of carbonyl (C=O) groups is 3. The third-order valence-corrected chi connectivity index (χ3v) is 2.43. The molecule has 1 unspecified atom stereocenters. The lowest BCUT2D eigenvalue weighted by atomic mass is 10.1. The SMILES string of the molecule is CC(C)C(=O)CN1C(=O)CC(C)C1=O. The zero-order chi connectivity index (χ0) is 10.9. The van der Waals surface area contributed by atoms with Gasteiger partial charge in [-0.1, -0.05) is 20.8 Å². The average Bonchev–Trinajstić information content (AvgIpc) is 2.32. The second-order valence-corrected chi connectivity index (χ2v) is 4.04. The fourth-order valence-corrected chi connectivity index (χ4v) is 1.35. The predicted octanol–water partition coefficient (Wildman–Crippen LogP) is 0.607. The molecule has 2 amide bonds. The number of likely N-dealkylation sites (tertiary alicyclic amines) is 1. The lowest BCUT2D eigenvalue weighted by Gasteiger charge is -2.14. The van der Waals surface area contributed by atoms with Crippen molar-refractivity contribution in [2.75, 3.05) is 6.54 Å². The van der Waals surface area contributed by atoms with Gasteiger partial charge in [-0.2, -0.15) is 0 Å². The third kappa shape index (κ3) is 2.00. The Hall–Kier alpha value is -1.19. The third-order valence-electron chi connectivity index (χ3n) is 2.43. The first kappa shape index (κ1) is 10.9. The van der Waals surface area contributed by atoms with Gasteiger partial charge in [0, 0.05) is 18.3 Å². The van der Waals surface area contributed by atoms with E-state index in [2.05, 4.69) is 0 Å². The van der Waals surface area contributed by atoms with Gasteiger partial charge < -0.3 is 0 Å². The van der Waals surface area contributed by atoms with Crippen molar-refractivity contribution in [3.63, 3.8) is 0 Å². The molecule has 0 spiro atoms. The summed E-state index contributed by atoms with van der Waals surface area (Å²) >= 11 is 0. The van der Waals surface area contributed by atoms with E-state index in [-0.39, 0.29) is 42.4 Å². The van der Waals surface area contributed by atoms with Crippen LogP contribution in [0.3, 0.4) is 0 Å². The van der Waals surface area contributed by atoms with Gasteiger partial charge in [0.15, 0.2) is 5.78 Å². The minimum absolute atomic E-state index is 0.0559. The van der Waals surface area contributed by atoms with Gasteiger partial charge in [0.2, 0.25) is 11.8 Å². The molecule has 0 N–H and O–H groups in total. The van der Waals surface area contributed by atoms with E-state index in [1.54, 1.807) is 20.8 Å². The highest BCUT2D eigenvalue weighted by Crippen LogP contribution is 2.18. The summed E-state index contributed by atoms with van der Waals surface area (Å²) in [6.07, 6.45) is 0.240. The summed E-state index contributed by atoms with van der Waals surface area (Å²) in [6.45, 7) is 5.17. The van der Waals surface area contributed by atoms with E-state index in [4.69, 9.17) is 0 Å². The minimum atomic E-state index is -0.262. The van der Waals surface area contributed by atoms with Crippen LogP contribution >= 0.6 is 0 Å². The number of amides is 2. The quantitative estimate of drug-likeness (QED) is 0.623. The predicted molar refractivity (Wildman–Crippen MR) is 50.3 cm³/mol. The summed E-state index contributed by atoms with van der Waals surface area (Å²) in [5.41, 5.74) is 0. The molecule has 0 aromatic rings. The van der Waals surface area contributed by atoms with Crippen LogP contribution in [-0.4, -0.2) is 29.0 Å². The molecule has 78 valence electrons. The molecule has 0 aliphatic carbocycles. The molecular formula is C10H15NO3. The topological polar surface area (TPSA) is 54.5 Å². The van der Waals surface area contributed by atoms with E-state index in [0.717, 1.165) is 4.90 Å². The van der Waals surface area contributed by atoms with Crippen molar-refractivity contribution in [2.24, 2.45) is 11.8 Å². The zero-order valence-electron chi connectivity index (χ0n) is 8.74. The number of nitrogens with zero attached hydrogens (tertiary/aromatic N) is 1. The number of ketones is 1. The fourth-order valence-electron chi connectivity index (χ4n) is 1.35. The van der Waals surface area contributed by atoms with E-state index in [1.807, 2.05) is 0 Å². The molecule has 14 heavy (non-hydrogen) atoms. The van der Waals surface area contributed by atoms with Crippen LogP contribution in [0, 0.1) is 11.8 Å². The van der Waals surface area contributed by atoms with Gasteiger partial charge in [-0.3, -0.25) is 19.3 Å². The molecule has 1 heterocycles. The van der Waals surface area contributed by atoms with Gasteiger partial charge in [0.05, 0.1) is 6.54 Å². The van der Waals surface area contributed by atoms with Crippen molar-refractivity contribution in [1.29, 1.82) is 0 Å². The first-order valence-electron chi connectivity index (χ1n) is 4.80. The summed E-state index contributed by atoms with van der Waals surface area (Å²) in [7, 11) is 0. The highest BCUT2D eigenvalue weighted by atomic mass is 16.2. The monoisotopic (exact) mass is 197 g/mol. The minimum Gasteiger partial charge on any atom is -0.297 e. The van der Waals surface area contributed by atoms with Crippen LogP contribution in [0.5, 0.6) is 0 Å². The summed E-state index contributed by atoms with van der Waals surface area (Å²) in [5.74, 6) is -0.907. The van der Waals surface area contributed by atoms with E-state index < -0.39 is 0 Å². The van der Waals surface area contributed by atoms with E-state index in [1.165, 1.54) is 0 Å². The van der Waals surface area contributed by atoms with Crippen LogP contribution in [0.2, 0.25) is 0 Å². The Balaban J connectivity index is 2.65. The Kier molecular flexibility index (Phi) is 3.03.